The Bertz CT molecular complexity index is 300. The number of likely N-dealkylation sites (N-methyl/N-ethyl adjacent to an activating group) is 1. The second-order valence-corrected chi connectivity index (χ2v) is 3.12. The van der Waals surface area contributed by atoms with E-state index in [1.54, 1.807) is 12.4 Å². The van der Waals surface area contributed by atoms with E-state index in [4.69, 9.17) is 5.73 Å². The van der Waals surface area contributed by atoms with Crippen LogP contribution in [0.2, 0.25) is 0 Å². The molecule has 0 bridgehead atoms. The van der Waals surface area contributed by atoms with E-state index in [2.05, 4.69) is 15.9 Å². The van der Waals surface area contributed by atoms with E-state index in [1.165, 1.54) is 0 Å². The third-order valence-corrected chi connectivity index (χ3v) is 2.26. The summed E-state index contributed by atoms with van der Waals surface area (Å²) in [5, 5.41) is 1.99. The SMILES string of the molecule is CN1NNCC1c1ccncc1N. The molecule has 1 aliphatic heterocycles. The fourth-order valence-corrected chi connectivity index (χ4v) is 1.52. The van der Waals surface area contributed by atoms with Crippen LogP contribution >= 0.6 is 0 Å². The molecule has 1 aromatic heterocycles. The van der Waals surface area contributed by atoms with Crippen LogP contribution in [0.25, 0.3) is 0 Å². The third kappa shape index (κ3) is 1.49. The highest BCUT2D eigenvalue weighted by Gasteiger charge is 2.23. The number of nitrogen functional groups attached to an aromatic ring is 1. The number of hydrogen-bond donors (Lipinski definition) is 3. The highest BCUT2D eigenvalue weighted by Crippen LogP contribution is 2.23. The normalized spacial score (nSPS) is 23.6. The molecule has 0 aromatic carbocycles. The van der Waals surface area contributed by atoms with Gasteiger partial charge in [0.05, 0.1) is 17.9 Å². The minimum absolute atomic E-state index is 0.281. The van der Waals surface area contributed by atoms with Crippen molar-refractivity contribution in [3.63, 3.8) is 0 Å². The van der Waals surface area contributed by atoms with Gasteiger partial charge in [-0.25, -0.2) is 10.4 Å². The van der Waals surface area contributed by atoms with Crippen LogP contribution in [-0.2, 0) is 0 Å². The monoisotopic (exact) mass is 179 g/mol. The van der Waals surface area contributed by atoms with E-state index >= 15 is 0 Å². The van der Waals surface area contributed by atoms with Crippen molar-refractivity contribution >= 4 is 5.69 Å². The molecule has 0 radical (unpaired) electrons. The fourth-order valence-electron chi connectivity index (χ4n) is 1.52. The average Bonchev–Trinajstić information content (AvgIpc) is 2.52. The van der Waals surface area contributed by atoms with E-state index in [0.29, 0.717) is 0 Å². The second-order valence-electron chi connectivity index (χ2n) is 3.12. The van der Waals surface area contributed by atoms with Crippen LogP contribution in [0.4, 0.5) is 5.69 Å². The maximum Gasteiger partial charge on any atom is 0.0663 e. The van der Waals surface area contributed by atoms with Crippen LogP contribution in [0.5, 0.6) is 0 Å². The van der Waals surface area contributed by atoms with Crippen LogP contribution in [0.15, 0.2) is 18.5 Å². The van der Waals surface area contributed by atoms with Crippen LogP contribution in [-0.4, -0.2) is 23.6 Å². The van der Waals surface area contributed by atoms with Crippen molar-refractivity contribution in [2.75, 3.05) is 19.3 Å². The van der Waals surface area contributed by atoms with Crippen LogP contribution in [0.1, 0.15) is 11.6 Å². The molecule has 70 valence electrons. The van der Waals surface area contributed by atoms with Crippen LogP contribution in [0.3, 0.4) is 0 Å². The topological polar surface area (TPSA) is 66.2 Å². The smallest absolute Gasteiger partial charge is 0.0663 e. The fraction of sp³-hybridized carbons (Fsp3) is 0.375. The Labute approximate surface area is 76.9 Å². The zero-order valence-electron chi connectivity index (χ0n) is 7.49. The Kier molecular flexibility index (Phi) is 2.13. The van der Waals surface area contributed by atoms with Gasteiger partial charge in [-0.15, -0.1) is 0 Å². The molecule has 1 unspecified atom stereocenters. The maximum atomic E-state index is 5.82. The highest BCUT2D eigenvalue weighted by atomic mass is 15.7. The lowest BCUT2D eigenvalue weighted by Crippen LogP contribution is -2.33. The van der Waals surface area contributed by atoms with Crippen molar-refractivity contribution in [3.8, 4) is 0 Å². The first kappa shape index (κ1) is 8.43. The number of pyridine rings is 1. The average molecular weight is 179 g/mol. The molecule has 0 saturated carbocycles. The summed E-state index contributed by atoms with van der Waals surface area (Å²) < 4.78 is 0. The zero-order valence-corrected chi connectivity index (χ0v) is 7.49. The van der Waals surface area contributed by atoms with Gasteiger partial charge in [-0.2, -0.15) is 5.53 Å². The van der Waals surface area contributed by atoms with Crippen LogP contribution < -0.4 is 16.7 Å². The first-order valence-electron chi connectivity index (χ1n) is 4.20. The predicted molar refractivity (Wildman–Crippen MR) is 50.3 cm³/mol. The number of hydrazine groups is 2. The molecule has 13 heavy (non-hydrogen) atoms. The Hall–Kier alpha value is -1.17. The largest absolute Gasteiger partial charge is 0.397 e. The van der Waals surface area contributed by atoms with Gasteiger partial charge >= 0.3 is 0 Å². The molecular formula is C8H13N5. The number of anilines is 1. The van der Waals surface area contributed by atoms with E-state index in [1.807, 2.05) is 18.1 Å². The molecule has 1 aromatic rings. The van der Waals surface area contributed by atoms with Gasteiger partial charge in [0, 0.05) is 19.8 Å². The molecule has 4 N–H and O–H groups in total. The molecule has 1 atom stereocenters. The molecule has 0 spiro atoms. The van der Waals surface area contributed by atoms with Gasteiger partial charge in [-0.1, -0.05) is 0 Å². The van der Waals surface area contributed by atoms with Crippen LogP contribution in [0, 0.1) is 0 Å². The molecule has 5 nitrogen and oxygen atoms in total. The number of nitrogens with two attached hydrogens (primary N) is 1. The lowest BCUT2D eigenvalue weighted by molar-refractivity contribution is 0.230. The van der Waals surface area contributed by atoms with Crippen molar-refractivity contribution in [3.05, 3.63) is 24.0 Å². The molecular weight excluding hydrogens is 166 g/mol. The number of hydrogen-bond acceptors (Lipinski definition) is 5. The maximum absolute atomic E-state index is 5.82. The molecule has 1 aliphatic rings. The number of nitrogens with one attached hydrogen (secondary N) is 2. The Morgan fingerprint density at radius 2 is 2.54 bits per heavy atom. The minimum Gasteiger partial charge on any atom is -0.397 e. The first-order valence-corrected chi connectivity index (χ1v) is 4.20. The minimum atomic E-state index is 0.281. The zero-order chi connectivity index (χ0) is 9.26. The second kappa shape index (κ2) is 3.29. The van der Waals surface area contributed by atoms with Gasteiger partial charge in [-0.05, 0) is 11.6 Å². The summed E-state index contributed by atoms with van der Waals surface area (Å²) in [4.78, 5) is 3.96. The summed E-state index contributed by atoms with van der Waals surface area (Å²) in [6.07, 6.45) is 3.44. The van der Waals surface area contributed by atoms with Gasteiger partial charge < -0.3 is 5.73 Å². The van der Waals surface area contributed by atoms with Crippen molar-refractivity contribution in [2.45, 2.75) is 6.04 Å². The molecule has 0 amide bonds. The summed E-state index contributed by atoms with van der Waals surface area (Å²) in [6.45, 7) is 0.852. The summed E-state index contributed by atoms with van der Waals surface area (Å²) >= 11 is 0. The number of aromatic nitrogens is 1. The Morgan fingerprint density at radius 1 is 1.69 bits per heavy atom. The van der Waals surface area contributed by atoms with Gasteiger partial charge in [-0.3, -0.25) is 4.98 Å². The van der Waals surface area contributed by atoms with E-state index in [9.17, 15) is 0 Å². The van der Waals surface area contributed by atoms with Crippen molar-refractivity contribution in [1.29, 1.82) is 0 Å². The Morgan fingerprint density at radius 3 is 3.15 bits per heavy atom. The highest BCUT2D eigenvalue weighted by molar-refractivity contribution is 5.46. The van der Waals surface area contributed by atoms with Crippen molar-refractivity contribution in [2.24, 2.45) is 0 Å². The molecule has 0 aliphatic carbocycles. The third-order valence-electron chi connectivity index (χ3n) is 2.26. The molecule has 2 heterocycles. The standard InChI is InChI=1S/C8H13N5/c1-13-8(5-11-12-13)6-2-3-10-4-7(6)9/h2-4,8,11-12H,5,9H2,1H3. The summed E-state index contributed by atoms with van der Waals surface area (Å²) in [7, 11) is 1.98. The van der Waals surface area contributed by atoms with Crippen molar-refractivity contribution in [1.82, 2.24) is 21.0 Å². The first-order chi connectivity index (χ1) is 6.29. The van der Waals surface area contributed by atoms with Gasteiger partial charge in [0.15, 0.2) is 0 Å². The van der Waals surface area contributed by atoms with Gasteiger partial charge in [0.25, 0.3) is 0 Å². The molecule has 1 fully saturated rings. The molecule has 1 saturated heterocycles. The lowest BCUT2D eigenvalue weighted by atomic mass is 10.1. The van der Waals surface area contributed by atoms with Gasteiger partial charge in [0.2, 0.25) is 0 Å². The van der Waals surface area contributed by atoms with Crippen molar-refractivity contribution < 1.29 is 0 Å². The van der Waals surface area contributed by atoms with Gasteiger partial charge in [0.1, 0.15) is 0 Å². The van der Waals surface area contributed by atoms with E-state index < -0.39 is 0 Å². The van der Waals surface area contributed by atoms with E-state index in [-0.39, 0.29) is 6.04 Å². The summed E-state index contributed by atoms with van der Waals surface area (Å²) in [5.74, 6) is 0. The lowest BCUT2D eigenvalue weighted by Gasteiger charge is -2.18. The molecule has 5 heteroatoms. The Balaban J connectivity index is 2.29. The summed E-state index contributed by atoms with van der Waals surface area (Å²) in [6, 6.07) is 2.23. The quantitative estimate of drug-likeness (QED) is 0.550. The number of rotatable bonds is 1. The predicted octanol–water partition coefficient (Wildman–Crippen LogP) is -0.341. The van der Waals surface area contributed by atoms with E-state index in [0.717, 1.165) is 17.8 Å². The summed E-state index contributed by atoms with van der Waals surface area (Å²) in [5.41, 5.74) is 13.7. The number of nitrogens with zero attached hydrogens (tertiary/aromatic N) is 2. The molecule has 2 rings (SSSR count).